The molecule has 0 bridgehead atoms. The number of aromatic nitrogens is 3. The number of pyridine rings is 1. The lowest BCUT2D eigenvalue weighted by atomic mass is 10.2. The first-order valence-corrected chi connectivity index (χ1v) is 7.61. The topological polar surface area (TPSA) is 78.3 Å². The largest absolute Gasteiger partial charge is 0.481 e. The minimum Gasteiger partial charge on any atom is -0.481 e. The maximum absolute atomic E-state index is 12.2. The van der Waals surface area contributed by atoms with Gasteiger partial charge in [0, 0.05) is 37.8 Å². The molecule has 0 spiro atoms. The van der Waals surface area contributed by atoms with Crippen LogP contribution < -0.4 is 14.8 Å². The summed E-state index contributed by atoms with van der Waals surface area (Å²) in [5.74, 6) is 1.14. The highest BCUT2D eigenvalue weighted by Crippen LogP contribution is 2.19. The van der Waals surface area contributed by atoms with Gasteiger partial charge in [-0.25, -0.2) is 4.98 Å². The highest BCUT2D eigenvalue weighted by molar-refractivity contribution is 7.99. The van der Waals surface area contributed by atoms with Gasteiger partial charge in [-0.3, -0.25) is 4.79 Å². The third-order valence-electron chi connectivity index (χ3n) is 2.88. The van der Waals surface area contributed by atoms with Crippen LogP contribution in [0.5, 0.6) is 11.8 Å². The number of rotatable bonds is 7. The summed E-state index contributed by atoms with van der Waals surface area (Å²) in [4.78, 5) is 20.4. The number of nitrogens with one attached hydrogen (secondary N) is 1. The number of thioether (sulfide) groups is 1. The van der Waals surface area contributed by atoms with Crippen molar-refractivity contribution in [2.75, 3.05) is 26.5 Å². The van der Waals surface area contributed by atoms with E-state index in [1.807, 2.05) is 17.8 Å². The molecule has 2 aromatic rings. The zero-order chi connectivity index (χ0) is 15.9. The molecule has 2 rings (SSSR count). The van der Waals surface area contributed by atoms with Gasteiger partial charge < -0.3 is 19.4 Å². The molecule has 0 unspecified atom stereocenters. The van der Waals surface area contributed by atoms with Gasteiger partial charge in [-0.2, -0.15) is 4.98 Å². The van der Waals surface area contributed by atoms with E-state index in [9.17, 15) is 4.79 Å². The van der Waals surface area contributed by atoms with Gasteiger partial charge >= 0.3 is 0 Å². The van der Waals surface area contributed by atoms with Gasteiger partial charge in [0.1, 0.15) is 5.56 Å². The first kappa shape index (κ1) is 16.2. The zero-order valence-corrected chi connectivity index (χ0v) is 13.5. The number of aryl methyl sites for hydroxylation is 1. The van der Waals surface area contributed by atoms with E-state index in [1.165, 1.54) is 14.2 Å². The second kappa shape index (κ2) is 7.69. The van der Waals surface area contributed by atoms with Crippen LogP contribution in [0.2, 0.25) is 0 Å². The number of ether oxygens (including phenoxy) is 2. The molecule has 2 aromatic heterocycles. The monoisotopic (exact) mass is 322 g/mol. The average Bonchev–Trinajstić information content (AvgIpc) is 2.95. The van der Waals surface area contributed by atoms with Crippen LogP contribution in [0.1, 0.15) is 10.4 Å². The molecule has 0 aliphatic rings. The lowest BCUT2D eigenvalue weighted by Gasteiger charge is -2.09. The van der Waals surface area contributed by atoms with Crippen molar-refractivity contribution < 1.29 is 14.3 Å². The predicted molar refractivity (Wildman–Crippen MR) is 83.6 cm³/mol. The quantitative estimate of drug-likeness (QED) is 0.612. The highest BCUT2D eigenvalue weighted by atomic mass is 32.2. The van der Waals surface area contributed by atoms with Crippen LogP contribution in [0.4, 0.5) is 0 Å². The molecule has 2 heterocycles. The molecule has 0 aliphatic carbocycles. The van der Waals surface area contributed by atoms with Crippen LogP contribution >= 0.6 is 11.8 Å². The van der Waals surface area contributed by atoms with E-state index in [2.05, 4.69) is 15.3 Å². The molecular formula is C14H18N4O3S. The molecule has 0 saturated carbocycles. The summed E-state index contributed by atoms with van der Waals surface area (Å²) in [6.07, 6.45) is 3.63. The number of hydrogen-bond acceptors (Lipinski definition) is 6. The van der Waals surface area contributed by atoms with Gasteiger partial charge in [-0.15, -0.1) is 0 Å². The van der Waals surface area contributed by atoms with E-state index >= 15 is 0 Å². The van der Waals surface area contributed by atoms with E-state index in [1.54, 1.807) is 30.1 Å². The first-order valence-electron chi connectivity index (χ1n) is 6.63. The fourth-order valence-corrected chi connectivity index (χ4v) is 2.55. The zero-order valence-electron chi connectivity index (χ0n) is 12.7. The summed E-state index contributed by atoms with van der Waals surface area (Å²) in [6.45, 7) is 0.519. The van der Waals surface area contributed by atoms with Crippen LogP contribution in [-0.4, -0.2) is 47.0 Å². The van der Waals surface area contributed by atoms with Crippen molar-refractivity contribution in [3.63, 3.8) is 0 Å². The number of hydrogen-bond donors (Lipinski definition) is 1. The van der Waals surface area contributed by atoms with Gasteiger partial charge in [-0.05, 0) is 6.07 Å². The highest BCUT2D eigenvalue weighted by Gasteiger charge is 2.14. The normalized spacial score (nSPS) is 10.3. The molecule has 0 fully saturated rings. The summed E-state index contributed by atoms with van der Waals surface area (Å²) in [6, 6.07) is 3.26. The van der Waals surface area contributed by atoms with Crippen molar-refractivity contribution in [1.82, 2.24) is 19.9 Å². The van der Waals surface area contributed by atoms with Gasteiger partial charge in [0.25, 0.3) is 5.91 Å². The standard InChI is InChI=1S/C14H18N4O3S/c1-18-8-6-16-14(18)22-9-7-15-12(19)10-4-5-11(20-2)17-13(10)21-3/h4-6,8H,7,9H2,1-3H3,(H,15,19). The maximum Gasteiger partial charge on any atom is 0.256 e. The Morgan fingerprint density at radius 2 is 2.18 bits per heavy atom. The summed E-state index contributed by atoms with van der Waals surface area (Å²) in [5.41, 5.74) is 0.380. The lowest BCUT2D eigenvalue weighted by Crippen LogP contribution is -2.26. The van der Waals surface area contributed by atoms with Crippen molar-refractivity contribution in [2.24, 2.45) is 7.05 Å². The molecule has 118 valence electrons. The molecule has 1 amide bonds. The fourth-order valence-electron chi connectivity index (χ4n) is 1.76. The van der Waals surface area contributed by atoms with Gasteiger partial charge in [0.15, 0.2) is 5.16 Å². The number of methoxy groups -OCH3 is 2. The second-order valence-electron chi connectivity index (χ2n) is 4.34. The van der Waals surface area contributed by atoms with Crippen LogP contribution in [0.25, 0.3) is 0 Å². The Morgan fingerprint density at radius 1 is 1.36 bits per heavy atom. The molecule has 0 atom stereocenters. The SMILES string of the molecule is COc1ccc(C(=O)NCCSc2nccn2C)c(OC)n1. The summed E-state index contributed by atoms with van der Waals surface area (Å²) >= 11 is 1.58. The van der Waals surface area contributed by atoms with Gasteiger partial charge in [0.05, 0.1) is 14.2 Å². The molecular weight excluding hydrogens is 304 g/mol. The Bertz CT molecular complexity index is 645. The van der Waals surface area contributed by atoms with Crippen LogP contribution in [0, 0.1) is 0 Å². The number of amides is 1. The predicted octanol–water partition coefficient (Wildman–Crippen LogP) is 1.35. The minimum absolute atomic E-state index is 0.229. The Hall–Kier alpha value is -2.22. The van der Waals surface area contributed by atoms with Crippen molar-refractivity contribution in [1.29, 1.82) is 0 Å². The third-order valence-corrected chi connectivity index (χ3v) is 3.94. The van der Waals surface area contributed by atoms with E-state index in [-0.39, 0.29) is 11.8 Å². The smallest absolute Gasteiger partial charge is 0.256 e. The van der Waals surface area contributed by atoms with E-state index in [0.717, 1.165) is 10.9 Å². The molecule has 22 heavy (non-hydrogen) atoms. The van der Waals surface area contributed by atoms with E-state index in [4.69, 9.17) is 9.47 Å². The van der Waals surface area contributed by atoms with Gasteiger partial charge in [-0.1, -0.05) is 11.8 Å². The fraction of sp³-hybridized carbons (Fsp3) is 0.357. The summed E-state index contributed by atoms with van der Waals surface area (Å²) < 4.78 is 12.1. The Morgan fingerprint density at radius 3 is 2.82 bits per heavy atom. The number of imidazole rings is 1. The van der Waals surface area contributed by atoms with E-state index in [0.29, 0.717) is 18.0 Å². The molecule has 7 nitrogen and oxygen atoms in total. The molecule has 0 radical (unpaired) electrons. The molecule has 8 heteroatoms. The summed E-state index contributed by atoms with van der Waals surface area (Å²) in [7, 11) is 4.91. The Balaban J connectivity index is 1.88. The van der Waals surface area contributed by atoms with Crippen LogP contribution in [0.3, 0.4) is 0 Å². The maximum atomic E-state index is 12.2. The molecule has 0 saturated heterocycles. The second-order valence-corrected chi connectivity index (χ2v) is 5.40. The van der Waals surface area contributed by atoms with E-state index < -0.39 is 0 Å². The van der Waals surface area contributed by atoms with Crippen molar-refractivity contribution in [3.05, 3.63) is 30.1 Å². The van der Waals surface area contributed by atoms with Crippen LogP contribution in [-0.2, 0) is 7.05 Å². The van der Waals surface area contributed by atoms with Crippen molar-refractivity contribution >= 4 is 17.7 Å². The average molecular weight is 322 g/mol. The summed E-state index contributed by atoms with van der Waals surface area (Å²) in [5, 5.41) is 3.75. The molecule has 1 N–H and O–H groups in total. The third kappa shape index (κ3) is 3.91. The lowest BCUT2D eigenvalue weighted by molar-refractivity contribution is 0.0952. The number of nitrogens with zero attached hydrogens (tertiary/aromatic N) is 3. The number of carbonyl (C=O) groups is 1. The Labute approximate surface area is 133 Å². The minimum atomic E-state index is -0.229. The van der Waals surface area contributed by atoms with Gasteiger partial charge in [0.2, 0.25) is 11.8 Å². The Kier molecular flexibility index (Phi) is 5.65. The van der Waals surface area contributed by atoms with Crippen molar-refractivity contribution in [3.8, 4) is 11.8 Å². The molecule has 0 aromatic carbocycles. The molecule has 0 aliphatic heterocycles. The van der Waals surface area contributed by atoms with Crippen LogP contribution in [0.15, 0.2) is 29.7 Å². The number of carbonyl (C=O) groups excluding carboxylic acids is 1. The van der Waals surface area contributed by atoms with Crippen molar-refractivity contribution in [2.45, 2.75) is 5.16 Å². The first-order chi connectivity index (χ1) is 10.7.